The number of benzene rings is 4. The molecule has 0 saturated carbocycles. The monoisotopic (exact) mass is 530 g/mol. The maximum absolute atomic E-state index is 14.0. The van der Waals surface area contributed by atoms with Gasteiger partial charge in [0, 0.05) is 24.9 Å². The van der Waals surface area contributed by atoms with Gasteiger partial charge >= 0.3 is 0 Å². The standard InChI is InChI=1S/C26H17Cl3O2S2/c27-20-8-6-18(7-9-20)25(32-23-14-10-21(28)11-15-23)26(19-4-2-1-3-5-19)33(30,31)24-16-12-22(29)13-17-24/h1-17H/b26-25-. The van der Waals surface area contributed by atoms with E-state index >= 15 is 0 Å². The van der Waals surface area contributed by atoms with Crippen molar-refractivity contribution < 1.29 is 8.42 Å². The third kappa shape index (κ3) is 5.65. The maximum atomic E-state index is 14.0. The third-order valence-corrected chi connectivity index (χ3v) is 8.68. The first-order chi connectivity index (χ1) is 15.8. The predicted molar refractivity (Wildman–Crippen MR) is 141 cm³/mol. The summed E-state index contributed by atoms with van der Waals surface area (Å²) in [4.78, 5) is 1.79. The van der Waals surface area contributed by atoms with Crippen LogP contribution in [0, 0.1) is 0 Å². The molecule has 0 saturated heterocycles. The van der Waals surface area contributed by atoms with Crippen LogP contribution in [0.2, 0.25) is 15.1 Å². The topological polar surface area (TPSA) is 34.1 Å². The van der Waals surface area contributed by atoms with Crippen molar-refractivity contribution in [2.24, 2.45) is 0 Å². The van der Waals surface area contributed by atoms with E-state index in [4.69, 9.17) is 34.8 Å². The first-order valence-electron chi connectivity index (χ1n) is 9.84. The number of hydrogen-bond acceptors (Lipinski definition) is 3. The molecule has 0 aliphatic carbocycles. The summed E-state index contributed by atoms with van der Waals surface area (Å²) in [5, 5.41) is 1.64. The second-order valence-corrected chi connectivity index (χ2v) is 11.3. The number of rotatable bonds is 6. The average Bonchev–Trinajstić information content (AvgIpc) is 2.81. The molecule has 0 aromatic heterocycles. The van der Waals surface area contributed by atoms with E-state index in [0.717, 1.165) is 10.5 Å². The molecule has 4 aromatic carbocycles. The molecule has 0 atom stereocenters. The minimum atomic E-state index is -3.92. The van der Waals surface area contributed by atoms with Crippen molar-refractivity contribution in [3.63, 3.8) is 0 Å². The van der Waals surface area contributed by atoms with Gasteiger partial charge in [-0.3, -0.25) is 0 Å². The fourth-order valence-corrected chi connectivity index (χ4v) is 6.53. The quantitative estimate of drug-likeness (QED) is 0.184. The van der Waals surface area contributed by atoms with Crippen molar-refractivity contribution in [1.82, 2.24) is 0 Å². The van der Waals surface area contributed by atoms with E-state index in [9.17, 15) is 8.42 Å². The molecule has 166 valence electrons. The lowest BCUT2D eigenvalue weighted by atomic mass is 10.1. The molecular formula is C26H17Cl3O2S2. The first-order valence-corrected chi connectivity index (χ1v) is 13.3. The molecular weight excluding hydrogens is 515 g/mol. The molecule has 0 spiro atoms. The molecule has 0 heterocycles. The molecule has 4 aromatic rings. The van der Waals surface area contributed by atoms with Crippen LogP contribution in [-0.4, -0.2) is 8.42 Å². The highest BCUT2D eigenvalue weighted by molar-refractivity contribution is 8.11. The Hall–Kier alpha value is -2.21. The van der Waals surface area contributed by atoms with Crippen molar-refractivity contribution >= 4 is 66.2 Å². The van der Waals surface area contributed by atoms with Crippen LogP contribution in [0.5, 0.6) is 0 Å². The van der Waals surface area contributed by atoms with Crippen molar-refractivity contribution in [3.05, 3.63) is 129 Å². The lowest BCUT2D eigenvalue weighted by Gasteiger charge is -2.17. The van der Waals surface area contributed by atoms with Crippen LogP contribution in [0.1, 0.15) is 11.1 Å². The Labute approximate surface area is 212 Å². The van der Waals surface area contributed by atoms with Gasteiger partial charge in [0.1, 0.15) is 0 Å². The molecule has 4 rings (SSSR count). The molecule has 7 heteroatoms. The van der Waals surface area contributed by atoms with E-state index in [-0.39, 0.29) is 9.80 Å². The molecule has 0 amide bonds. The molecule has 0 N–H and O–H groups in total. The molecule has 0 unspecified atom stereocenters. The normalized spacial score (nSPS) is 12.3. The highest BCUT2D eigenvalue weighted by Gasteiger charge is 2.27. The van der Waals surface area contributed by atoms with Gasteiger partial charge in [0.2, 0.25) is 9.84 Å². The van der Waals surface area contributed by atoms with Crippen LogP contribution >= 0.6 is 46.6 Å². The van der Waals surface area contributed by atoms with Gasteiger partial charge in [0.25, 0.3) is 0 Å². The highest BCUT2D eigenvalue weighted by Crippen LogP contribution is 2.44. The fraction of sp³-hybridized carbons (Fsp3) is 0. The van der Waals surface area contributed by atoms with E-state index in [1.54, 1.807) is 48.5 Å². The zero-order chi connectivity index (χ0) is 23.4. The lowest BCUT2D eigenvalue weighted by Crippen LogP contribution is -2.06. The van der Waals surface area contributed by atoms with E-state index < -0.39 is 9.84 Å². The summed E-state index contributed by atoms with van der Waals surface area (Å²) in [6, 6.07) is 29.7. The van der Waals surface area contributed by atoms with Crippen LogP contribution < -0.4 is 0 Å². The van der Waals surface area contributed by atoms with Crippen LogP contribution in [0.3, 0.4) is 0 Å². The largest absolute Gasteiger partial charge is 0.218 e. The summed E-state index contributed by atoms with van der Waals surface area (Å²) in [5.41, 5.74) is 1.31. The number of sulfone groups is 1. The zero-order valence-corrected chi connectivity index (χ0v) is 21.0. The zero-order valence-electron chi connectivity index (χ0n) is 17.1. The van der Waals surface area contributed by atoms with Crippen LogP contribution in [0.4, 0.5) is 0 Å². The molecule has 0 aliphatic rings. The molecule has 0 fully saturated rings. The number of hydrogen-bond donors (Lipinski definition) is 0. The second kappa shape index (κ2) is 10.4. The van der Waals surface area contributed by atoms with E-state index in [1.807, 2.05) is 42.5 Å². The first kappa shape index (κ1) is 23.9. The molecule has 0 bridgehead atoms. The number of halogens is 3. The fourth-order valence-electron chi connectivity index (χ4n) is 3.19. The summed E-state index contributed by atoms with van der Waals surface area (Å²) < 4.78 is 28.0. The third-order valence-electron chi connectivity index (χ3n) is 4.77. The summed E-state index contributed by atoms with van der Waals surface area (Å²) in [6.07, 6.45) is 0. The van der Waals surface area contributed by atoms with Crippen LogP contribution in [-0.2, 0) is 9.84 Å². The Bertz CT molecular complexity index is 1380. The van der Waals surface area contributed by atoms with Gasteiger partial charge in [-0.15, -0.1) is 0 Å². The Kier molecular flexibility index (Phi) is 7.52. The van der Waals surface area contributed by atoms with Crippen molar-refractivity contribution in [3.8, 4) is 0 Å². The predicted octanol–water partition coefficient (Wildman–Crippen LogP) is 8.74. The summed E-state index contributed by atoms with van der Waals surface area (Å²) in [5.74, 6) is 0. The molecule has 2 nitrogen and oxygen atoms in total. The van der Waals surface area contributed by atoms with Crippen LogP contribution in [0.25, 0.3) is 9.81 Å². The number of thioether (sulfide) groups is 1. The van der Waals surface area contributed by atoms with Crippen LogP contribution in [0.15, 0.2) is 113 Å². The molecule has 0 radical (unpaired) electrons. The van der Waals surface area contributed by atoms with Crippen molar-refractivity contribution in [1.29, 1.82) is 0 Å². The van der Waals surface area contributed by atoms with E-state index in [2.05, 4.69) is 0 Å². The molecule has 33 heavy (non-hydrogen) atoms. The lowest BCUT2D eigenvalue weighted by molar-refractivity contribution is 0.606. The summed E-state index contributed by atoms with van der Waals surface area (Å²) >= 11 is 19.6. The summed E-state index contributed by atoms with van der Waals surface area (Å²) in [6.45, 7) is 0. The Morgan fingerprint density at radius 3 is 1.61 bits per heavy atom. The SMILES string of the molecule is O=S(=O)(/C(=C(\Sc1ccc(Cl)cc1)c1ccc(Cl)cc1)c1ccccc1)c1ccc(Cl)cc1. The van der Waals surface area contributed by atoms with Crippen molar-refractivity contribution in [2.75, 3.05) is 0 Å². The maximum Gasteiger partial charge on any atom is 0.208 e. The van der Waals surface area contributed by atoms with Gasteiger partial charge in [-0.2, -0.15) is 0 Å². The van der Waals surface area contributed by atoms with Gasteiger partial charge < -0.3 is 0 Å². The van der Waals surface area contributed by atoms with E-state index in [1.165, 1.54) is 23.9 Å². The second-order valence-electron chi connectivity index (χ2n) is 7.04. The van der Waals surface area contributed by atoms with Gasteiger partial charge in [-0.05, 0) is 71.8 Å². The molecule has 0 aliphatic heterocycles. The minimum absolute atomic E-state index is 0.161. The minimum Gasteiger partial charge on any atom is -0.218 e. The van der Waals surface area contributed by atoms with Gasteiger partial charge in [-0.1, -0.05) is 89.0 Å². The van der Waals surface area contributed by atoms with Crippen molar-refractivity contribution in [2.45, 2.75) is 9.79 Å². The average molecular weight is 532 g/mol. The van der Waals surface area contributed by atoms with Gasteiger partial charge in [0.15, 0.2) is 0 Å². The van der Waals surface area contributed by atoms with Gasteiger partial charge in [-0.25, -0.2) is 8.42 Å². The smallest absolute Gasteiger partial charge is 0.208 e. The summed E-state index contributed by atoms with van der Waals surface area (Å²) in [7, 11) is -3.92. The highest BCUT2D eigenvalue weighted by atomic mass is 35.5. The Balaban J connectivity index is 2.02. The van der Waals surface area contributed by atoms with Gasteiger partial charge in [0.05, 0.1) is 9.80 Å². The Morgan fingerprint density at radius 1 is 0.576 bits per heavy atom. The Morgan fingerprint density at radius 2 is 1.06 bits per heavy atom. The van der Waals surface area contributed by atoms with E-state index in [0.29, 0.717) is 25.5 Å².